The Hall–Kier alpha value is 0.0249. The highest BCUT2D eigenvalue weighted by molar-refractivity contribution is 6.04. The van der Waals surface area contributed by atoms with Crippen molar-refractivity contribution in [2.75, 3.05) is 13.1 Å². The molecule has 1 nitrogen and oxygen atoms in total. The number of nitrogens with zero attached hydrogens (tertiary/aromatic N) is 1. The van der Waals surface area contributed by atoms with E-state index in [0.717, 1.165) is 5.92 Å². The summed E-state index contributed by atoms with van der Waals surface area (Å²) in [6.45, 7) is 4.92. The van der Waals surface area contributed by atoms with Gasteiger partial charge >= 0.3 is 0 Å². The van der Waals surface area contributed by atoms with E-state index in [1.54, 1.807) is 0 Å². The van der Waals surface area contributed by atoms with E-state index < -0.39 is 0 Å². The van der Waals surface area contributed by atoms with E-state index in [-0.39, 0.29) is 0 Å². The molecule has 0 aromatic carbocycles. The Morgan fingerprint density at radius 3 is 2.57 bits per heavy atom. The average Bonchev–Trinajstić information content (AvgIpc) is 1.87. The second-order valence-corrected chi connectivity index (χ2v) is 2.66. The normalized spacial score (nSPS) is 34.1. The third kappa shape index (κ3) is 1.20. The monoisotopic (exact) mass is 97.1 g/mol. The minimum Gasteiger partial charge on any atom is -0.348 e. The summed E-state index contributed by atoms with van der Waals surface area (Å²) in [7, 11) is 2.18. The standard InChI is InChI=1S/C5H12BN/c1-5-2-3-7(6)4-5/h5H,2-4,6H2,1H3. The predicted octanol–water partition coefficient (Wildman–Crippen LogP) is -0.124. The van der Waals surface area contributed by atoms with Gasteiger partial charge in [0.05, 0.1) is 0 Å². The van der Waals surface area contributed by atoms with Gasteiger partial charge in [0, 0.05) is 0 Å². The van der Waals surface area contributed by atoms with E-state index in [9.17, 15) is 0 Å². The first-order valence-electron chi connectivity index (χ1n) is 2.97. The van der Waals surface area contributed by atoms with Gasteiger partial charge in [-0.2, -0.15) is 0 Å². The molecule has 1 aliphatic rings. The molecule has 2 heteroatoms. The molecule has 1 atom stereocenters. The molecule has 1 unspecified atom stereocenters. The lowest BCUT2D eigenvalue weighted by molar-refractivity contribution is 0.532. The Kier molecular flexibility index (Phi) is 1.38. The van der Waals surface area contributed by atoms with Gasteiger partial charge in [-0.15, -0.1) is 0 Å². The second kappa shape index (κ2) is 1.87. The van der Waals surface area contributed by atoms with E-state index in [1.807, 2.05) is 0 Å². The van der Waals surface area contributed by atoms with Gasteiger partial charge in [-0.1, -0.05) is 6.92 Å². The van der Waals surface area contributed by atoms with Crippen LogP contribution in [-0.4, -0.2) is 25.9 Å². The van der Waals surface area contributed by atoms with Crippen LogP contribution in [0.3, 0.4) is 0 Å². The number of rotatable bonds is 0. The maximum absolute atomic E-state index is 2.38. The van der Waals surface area contributed by atoms with Gasteiger partial charge in [0.2, 0.25) is 0 Å². The molecule has 1 rings (SSSR count). The van der Waals surface area contributed by atoms with Crippen LogP contribution in [0.25, 0.3) is 0 Å². The maximum atomic E-state index is 2.38. The first-order chi connectivity index (χ1) is 3.29. The topological polar surface area (TPSA) is 3.24 Å². The molecule has 0 saturated carbocycles. The summed E-state index contributed by atoms with van der Waals surface area (Å²) >= 11 is 0. The van der Waals surface area contributed by atoms with Crippen LogP contribution in [0.5, 0.6) is 0 Å². The van der Waals surface area contributed by atoms with Gasteiger partial charge in [-0.3, -0.25) is 0 Å². The molecule has 0 spiro atoms. The Balaban J connectivity index is 2.26. The summed E-state index contributed by atoms with van der Waals surface area (Å²) in [5, 5.41) is 0. The van der Waals surface area contributed by atoms with Crippen molar-refractivity contribution in [3.8, 4) is 0 Å². The number of hydrogen-bond donors (Lipinski definition) is 0. The smallest absolute Gasteiger partial charge is 0.185 e. The van der Waals surface area contributed by atoms with Crippen molar-refractivity contribution in [2.45, 2.75) is 13.3 Å². The molecular weight excluding hydrogens is 84.9 g/mol. The predicted molar refractivity (Wildman–Crippen MR) is 33.9 cm³/mol. The molecule has 1 saturated heterocycles. The summed E-state index contributed by atoms with van der Waals surface area (Å²) < 4.78 is 0. The first-order valence-corrected chi connectivity index (χ1v) is 2.97. The number of hydrogen-bond acceptors (Lipinski definition) is 1. The van der Waals surface area contributed by atoms with E-state index in [2.05, 4.69) is 19.7 Å². The zero-order valence-electron chi connectivity index (χ0n) is 5.15. The molecule has 0 radical (unpaired) electrons. The Labute approximate surface area is 46.1 Å². The molecule has 40 valence electrons. The molecule has 0 aliphatic carbocycles. The first kappa shape index (κ1) is 5.17. The minimum atomic E-state index is 0.949. The van der Waals surface area contributed by atoms with Crippen molar-refractivity contribution in [1.29, 1.82) is 0 Å². The van der Waals surface area contributed by atoms with Crippen molar-refractivity contribution in [2.24, 2.45) is 5.92 Å². The van der Waals surface area contributed by atoms with E-state index >= 15 is 0 Å². The van der Waals surface area contributed by atoms with Crippen molar-refractivity contribution in [1.82, 2.24) is 4.81 Å². The minimum absolute atomic E-state index is 0.949. The fourth-order valence-electron chi connectivity index (χ4n) is 1.16. The third-order valence-corrected chi connectivity index (χ3v) is 1.63. The zero-order chi connectivity index (χ0) is 5.28. The molecule has 1 heterocycles. The van der Waals surface area contributed by atoms with E-state index in [0.29, 0.717) is 0 Å². The van der Waals surface area contributed by atoms with Gasteiger partial charge < -0.3 is 4.81 Å². The average molecular weight is 97.0 g/mol. The van der Waals surface area contributed by atoms with Crippen molar-refractivity contribution >= 4 is 7.98 Å². The zero-order valence-corrected chi connectivity index (χ0v) is 5.15. The Morgan fingerprint density at radius 1 is 1.71 bits per heavy atom. The summed E-state index contributed by atoms with van der Waals surface area (Å²) in [5.74, 6) is 0.949. The van der Waals surface area contributed by atoms with Crippen LogP contribution in [0, 0.1) is 5.92 Å². The van der Waals surface area contributed by atoms with Crippen LogP contribution in [0.15, 0.2) is 0 Å². The van der Waals surface area contributed by atoms with Gasteiger partial charge in [0.15, 0.2) is 7.98 Å². The largest absolute Gasteiger partial charge is 0.348 e. The van der Waals surface area contributed by atoms with Crippen molar-refractivity contribution in [3.05, 3.63) is 0 Å². The van der Waals surface area contributed by atoms with Crippen LogP contribution in [0.4, 0.5) is 0 Å². The Morgan fingerprint density at radius 2 is 2.43 bits per heavy atom. The molecule has 1 aliphatic heterocycles. The van der Waals surface area contributed by atoms with Crippen molar-refractivity contribution < 1.29 is 0 Å². The highest BCUT2D eigenvalue weighted by Crippen LogP contribution is 2.11. The Bertz CT molecular complexity index is 57.1. The second-order valence-electron chi connectivity index (χ2n) is 2.66. The molecule has 0 aromatic heterocycles. The van der Waals surface area contributed by atoms with Crippen LogP contribution in [-0.2, 0) is 0 Å². The lowest BCUT2D eigenvalue weighted by atomic mass is 10.2. The molecule has 0 amide bonds. The van der Waals surface area contributed by atoms with Gasteiger partial charge in [0.25, 0.3) is 0 Å². The van der Waals surface area contributed by atoms with Crippen molar-refractivity contribution in [3.63, 3.8) is 0 Å². The fraction of sp³-hybridized carbons (Fsp3) is 1.00. The maximum Gasteiger partial charge on any atom is 0.185 e. The molecular formula is C5H12BN. The van der Waals surface area contributed by atoms with Gasteiger partial charge in [0.1, 0.15) is 0 Å². The molecule has 7 heavy (non-hydrogen) atoms. The molecule has 1 fully saturated rings. The molecule has 0 aromatic rings. The summed E-state index contributed by atoms with van der Waals surface area (Å²) in [4.78, 5) is 2.38. The fourth-order valence-corrected chi connectivity index (χ4v) is 1.16. The summed E-state index contributed by atoms with van der Waals surface area (Å²) in [6.07, 6.45) is 1.40. The SMILES string of the molecule is BN1CCC(C)C1. The summed E-state index contributed by atoms with van der Waals surface area (Å²) in [5.41, 5.74) is 0. The molecule has 0 N–H and O–H groups in total. The third-order valence-electron chi connectivity index (χ3n) is 1.63. The highest BCUT2D eigenvalue weighted by Gasteiger charge is 2.12. The van der Waals surface area contributed by atoms with E-state index in [1.165, 1.54) is 19.5 Å². The van der Waals surface area contributed by atoms with Crippen LogP contribution >= 0.6 is 0 Å². The highest BCUT2D eigenvalue weighted by atomic mass is 15.0. The summed E-state index contributed by atoms with van der Waals surface area (Å²) in [6, 6.07) is 0. The van der Waals surface area contributed by atoms with Crippen LogP contribution in [0.2, 0.25) is 0 Å². The van der Waals surface area contributed by atoms with Gasteiger partial charge in [-0.05, 0) is 25.4 Å². The van der Waals surface area contributed by atoms with E-state index in [4.69, 9.17) is 0 Å². The lowest BCUT2D eigenvalue weighted by Gasteiger charge is -2.03. The molecule has 0 bridgehead atoms. The van der Waals surface area contributed by atoms with Crippen LogP contribution in [0.1, 0.15) is 13.3 Å². The lowest BCUT2D eigenvalue weighted by Crippen LogP contribution is -2.14. The quantitative estimate of drug-likeness (QED) is 0.381. The van der Waals surface area contributed by atoms with Crippen LogP contribution < -0.4 is 0 Å². The van der Waals surface area contributed by atoms with Gasteiger partial charge in [-0.25, -0.2) is 0 Å².